The number of rotatable bonds is 8. The monoisotopic (exact) mass is 462 g/mol. The lowest BCUT2D eigenvalue weighted by molar-refractivity contribution is 0.158. The number of hydrogen-bond acceptors (Lipinski definition) is 5. The van der Waals surface area contributed by atoms with E-state index in [2.05, 4.69) is 26.9 Å². The van der Waals surface area contributed by atoms with E-state index in [0.29, 0.717) is 42.1 Å². The van der Waals surface area contributed by atoms with E-state index < -0.39 is 0 Å². The van der Waals surface area contributed by atoms with Crippen LogP contribution in [0.15, 0.2) is 53.7 Å². The van der Waals surface area contributed by atoms with Crippen molar-refractivity contribution in [2.45, 2.75) is 18.1 Å². The Kier molecular flexibility index (Phi) is 6.82. The number of halogens is 2. The normalized spacial score (nSPS) is 13.7. The fraction of sp³-hybridized carbons (Fsp3) is 0.286. The second kappa shape index (κ2) is 9.73. The molecule has 0 bridgehead atoms. The molecule has 0 aliphatic carbocycles. The first kappa shape index (κ1) is 21.0. The van der Waals surface area contributed by atoms with Crippen LogP contribution in [-0.2, 0) is 11.3 Å². The first-order chi connectivity index (χ1) is 14.6. The number of aromatic nitrogens is 3. The van der Waals surface area contributed by atoms with Crippen LogP contribution in [0.4, 0.5) is 4.79 Å². The number of cyclic esters (lactones) is 1. The Morgan fingerprint density at radius 1 is 1.10 bits per heavy atom. The number of carbonyl (C=O) groups is 1. The number of ether oxygens (including phenoxy) is 1. The maximum atomic E-state index is 11.6. The molecular weight excluding hydrogens is 443 g/mol. The molecule has 2 aromatic carbocycles. The van der Waals surface area contributed by atoms with Gasteiger partial charge in [0.15, 0.2) is 11.0 Å². The first-order valence-electron chi connectivity index (χ1n) is 9.59. The number of nitrogens with zero attached hydrogens (tertiary/aromatic N) is 4. The Labute approximate surface area is 189 Å². The lowest BCUT2D eigenvalue weighted by Gasteiger charge is -2.13. The molecule has 1 fully saturated rings. The summed E-state index contributed by atoms with van der Waals surface area (Å²) in [6, 6.07) is 15.5. The largest absolute Gasteiger partial charge is 0.448 e. The molecule has 30 heavy (non-hydrogen) atoms. The quantitative estimate of drug-likeness (QED) is 0.338. The van der Waals surface area contributed by atoms with Gasteiger partial charge in [0, 0.05) is 22.9 Å². The highest BCUT2D eigenvalue weighted by Gasteiger charge is 2.21. The molecule has 1 aliphatic rings. The van der Waals surface area contributed by atoms with Crippen LogP contribution in [0, 0.1) is 0 Å². The third kappa shape index (κ3) is 4.91. The minimum Gasteiger partial charge on any atom is -0.448 e. The zero-order chi connectivity index (χ0) is 20.9. The standard InChI is InChI=1S/C21H20Cl2N4O2S/c22-16-7-8-17(18(23)13-16)19-24-25-20(27(19)14-15-5-2-1-3-6-15)30-12-4-9-26-10-11-29-21(26)28/h1-3,5-8,13H,4,9-12,14H2. The van der Waals surface area contributed by atoms with Crippen LogP contribution in [0.1, 0.15) is 12.0 Å². The second-order valence-corrected chi connectivity index (χ2v) is 8.71. The SMILES string of the molecule is O=C1OCCN1CCCSc1nnc(-c2ccc(Cl)cc2Cl)n1Cc1ccccc1. The van der Waals surface area contributed by atoms with Gasteiger partial charge in [0.1, 0.15) is 6.61 Å². The van der Waals surface area contributed by atoms with E-state index in [9.17, 15) is 4.79 Å². The van der Waals surface area contributed by atoms with Crippen molar-refractivity contribution in [1.82, 2.24) is 19.7 Å². The molecule has 1 amide bonds. The summed E-state index contributed by atoms with van der Waals surface area (Å²) in [6.07, 6.45) is 0.613. The molecule has 4 rings (SSSR count). The molecule has 1 saturated heterocycles. The molecule has 2 heterocycles. The van der Waals surface area contributed by atoms with Gasteiger partial charge in [-0.3, -0.25) is 4.57 Å². The van der Waals surface area contributed by atoms with Gasteiger partial charge >= 0.3 is 6.09 Å². The van der Waals surface area contributed by atoms with Crippen molar-refractivity contribution in [1.29, 1.82) is 0 Å². The van der Waals surface area contributed by atoms with Crippen LogP contribution in [0.2, 0.25) is 10.0 Å². The summed E-state index contributed by atoms with van der Waals surface area (Å²) in [5, 5.41) is 10.8. The molecular formula is C21H20Cl2N4O2S. The zero-order valence-corrected chi connectivity index (χ0v) is 18.5. The van der Waals surface area contributed by atoms with Gasteiger partial charge < -0.3 is 9.64 Å². The molecule has 0 N–H and O–H groups in total. The predicted octanol–water partition coefficient (Wildman–Crippen LogP) is 5.23. The van der Waals surface area contributed by atoms with Crippen LogP contribution < -0.4 is 0 Å². The van der Waals surface area contributed by atoms with Crippen molar-refractivity contribution < 1.29 is 9.53 Å². The first-order valence-corrected chi connectivity index (χ1v) is 11.3. The Morgan fingerprint density at radius 3 is 2.67 bits per heavy atom. The maximum absolute atomic E-state index is 11.6. The highest BCUT2D eigenvalue weighted by molar-refractivity contribution is 7.99. The summed E-state index contributed by atoms with van der Waals surface area (Å²) in [5.41, 5.74) is 1.93. The average molecular weight is 463 g/mol. The van der Waals surface area contributed by atoms with Gasteiger partial charge in [0.2, 0.25) is 0 Å². The topological polar surface area (TPSA) is 60.2 Å². The predicted molar refractivity (Wildman–Crippen MR) is 119 cm³/mol. The van der Waals surface area contributed by atoms with Crippen molar-refractivity contribution in [3.8, 4) is 11.4 Å². The fourth-order valence-corrected chi connectivity index (χ4v) is 4.58. The molecule has 3 aromatic rings. The van der Waals surface area contributed by atoms with Gasteiger partial charge in [-0.25, -0.2) is 4.79 Å². The van der Waals surface area contributed by atoms with Crippen LogP contribution in [-0.4, -0.2) is 51.2 Å². The minimum absolute atomic E-state index is 0.230. The lowest BCUT2D eigenvalue weighted by atomic mass is 10.2. The highest BCUT2D eigenvalue weighted by Crippen LogP contribution is 2.32. The van der Waals surface area contributed by atoms with Gasteiger partial charge in [0.25, 0.3) is 0 Å². The minimum atomic E-state index is -0.230. The third-order valence-electron chi connectivity index (χ3n) is 4.72. The number of thioether (sulfide) groups is 1. The summed E-state index contributed by atoms with van der Waals surface area (Å²) in [4.78, 5) is 13.3. The van der Waals surface area contributed by atoms with Crippen LogP contribution in [0.25, 0.3) is 11.4 Å². The van der Waals surface area contributed by atoms with E-state index in [0.717, 1.165) is 28.5 Å². The highest BCUT2D eigenvalue weighted by atomic mass is 35.5. The summed E-state index contributed by atoms with van der Waals surface area (Å²) < 4.78 is 7.04. The molecule has 0 saturated carbocycles. The van der Waals surface area contributed by atoms with Crippen molar-refractivity contribution in [2.24, 2.45) is 0 Å². The molecule has 6 nitrogen and oxygen atoms in total. The fourth-order valence-electron chi connectivity index (χ4n) is 3.22. The molecule has 0 unspecified atom stereocenters. The maximum Gasteiger partial charge on any atom is 0.409 e. The van der Waals surface area contributed by atoms with Crippen molar-refractivity contribution in [3.63, 3.8) is 0 Å². The summed E-state index contributed by atoms with van der Waals surface area (Å²) in [5.74, 6) is 1.51. The Hall–Kier alpha value is -2.22. The van der Waals surface area contributed by atoms with E-state index in [-0.39, 0.29) is 6.09 Å². The number of carbonyl (C=O) groups excluding carboxylic acids is 1. The summed E-state index contributed by atoms with van der Waals surface area (Å²) in [7, 11) is 0. The van der Waals surface area contributed by atoms with Crippen molar-refractivity contribution in [2.75, 3.05) is 25.4 Å². The average Bonchev–Trinajstić information content (AvgIpc) is 3.32. The van der Waals surface area contributed by atoms with E-state index >= 15 is 0 Å². The van der Waals surface area contributed by atoms with E-state index in [1.165, 1.54) is 0 Å². The van der Waals surface area contributed by atoms with Crippen molar-refractivity contribution in [3.05, 3.63) is 64.1 Å². The van der Waals surface area contributed by atoms with Gasteiger partial charge in [-0.2, -0.15) is 0 Å². The molecule has 0 radical (unpaired) electrons. The Morgan fingerprint density at radius 2 is 1.93 bits per heavy atom. The van der Waals surface area contributed by atoms with E-state index in [1.807, 2.05) is 24.3 Å². The summed E-state index contributed by atoms with van der Waals surface area (Å²) >= 11 is 14.1. The van der Waals surface area contributed by atoms with Crippen molar-refractivity contribution >= 4 is 41.1 Å². The molecule has 9 heteroatoms. The lowest BCUT2D eigenvalue weighted by Crippen LogP contribution is -2.25. The van der Waals surface area contributed by atoms with E-state index in [1.54, 1.807) is 28.8 Å². The number of hydrogen-bond donors (Lipinski definition) is 0. The second-order valence-electron chi connectivity index (χ2n) is 6.81. The third-order valence-corrected chi connectivity index (χ3v) is 6.32. The van der Waals surface area contributed by atoms with Gasteiger partial charge in [-0.1, -0.05) is 65.3 Å². The van der Waals surface area contributed by atoms with Gasteiger partial charge in [-0.05, 0) is 30.2 Å². The van der Waals surface area contributed by atoms with Crippen LogP contribution in [0.3, 0.4) is 0 Å². The van der Waals surface area contributed by atoms with Crippen LogP contribution >= 0.6 is 35.0 Å². The smallest absolute Gasteiger partial charge is 0.409 e. The molecule has 0 atom stereocenters. The molecule has 0 spiro atoms. The van der Waals surface area contributed by atoms with Crippen LogP contribution in [0.5, 0.6) is 0 Å². The van der Waals surface area contributed by atoms with Gasteiger partial charge in [0.05, 0.1) is 18.1 Å². The van der Waals surface area contributed by atoms with E-state index in [4.69, 9.17) is 27.9 Å². The Bertz CT molecular complexity index is 1030. The Balaban J connectivity index is 1.53. The molecule has 1 aliphatic heterocycles. The molecule has 1 aromatic heterocycles. The number of benzene rings is 2. The molecule has 156 valence electrons. The zero-order valence-electron chi connectivity index (χ0n) is 16.1. The number of amides is 1. The summed E-state index contributed by atoms with van der Waals surface area (Å²) in [6.45, 7) is 2.44. The van der Waals surface area contributed by atoms with Gasteiger partial charge in [-0.15, -0.1) is 10.2 Å².